The van der Waals surface area contributed by atoms with Crippen molar-refractivity contribution in [2.75, 3.05) is 0 Å². The summed E-state index contributed by atoms with van der Waals surface area (Å²) >= 11 is 0. The van der Waals surface area contributed by atoms with Gasteiger partial charge in [0, 0.05) is 67.5 Å². The largest absolute Gasteiger partial charge is 0.455 e. The smallest absolute Gasteiger partial charge is 0.143 e. The molecule has 3 aliphatic carbocycles. The highest BCUT2D eigenvalue weighted by Gasteiger charge is 2.44. The van der Waals surface area contributed by atoms with E-state index in [0.29, 0.717) is 0 Å². The van der Waals surface area contributed by atoms with E-state index < -0.39 is 0 Å². The summed E-state index contributed by atoms with van der Waals surface area (Å²) in [6, 6.07) is 49.6. The Bertz CT molecular complexity index is 3250. The Labute approximate surface area is 335 Å². The van der Waals surface area contributed by atoms with E-state index in [2.05, 4.69) is 170 Å². The van der Waals surface area contributed by atoms with Gasteiger partial charge in [0.15, 0.2) is 0 Å². The van der Waals surface area contributed by atoms with Gasteiger partial charge in [-0.05, 0) is 46.5 Å². The van der Waals surface area contributed by atoms with Crippen LogP contribution in [-0.4, -0.2) is 17.1 Å². The molecule has 0 spiro atoms. The first-order chi connectivity index (χ1) is 28.8. The van der Waals surface area contributed by atoms with E-state index in [4.69, 9.17) is 19.4 Å². The summed E-state index contributed by atoms with van der Waals surface area (Å²) in [7, 11) is 0. The molecule has 1 aromatic heterocycles. The van der Waals surface area contributed by atoms with Crippen molar-refractivity contribution in [3.05, 3.63) is 227 Å². The van der Waals surface area contributed by atoms with Gasteiger partial charge in [-0.15, -0.1) is 0 Å². The maximum Gasteiger partial charge on any atom is 0.143 e. The van der Waals surface area contributed by atoms with Gasteiger partial charge in [-0.3, -0.25) is 9.98 Å². The molecule has 0 saturated carbocycles. The normalized spacial score (nSPS) is 20.7. The molecule has 13 rings (SSSR count). The van der Waals surface area contributed by atoms with Crippen LogP contribution < -0.4 is 0 Å². The molecule has 4 nitrogen and oxygen atoms in total. The average molecular weight is 740 g/mol. The van der Waals surface area contributed by atoms with Crippen molar-refractivity contribution in [3.8, 4) is 11.1 Å². The first kappa shape index (κ1) is 31.7. The minimum absolute atomic E-state index is 0.00889. The molecule has 0 saturated heterocycles. The minimum atomic E-state index is 0.00889. The quantitative estimate of drug-likeness (QED) is 0.177. The van der Waals surface area contributed by atoms with Crippen LogP contribution in [0.4, 0.5) is 11.4 Å². The summed E-state index contributed by atoms with van der Waals surface area (Å²) in [5.74, 6) is 0.115. The molecule has 4 heteroatoms. The second kappa shape index (κ2) is 12.0. The van der Waals surface area contributed by atoms with Crippen molar-refractivity contribution in [1.29, 1.82) is 0 Å². The highest BCUT2D eigenvalue weighted by Crippen LogP contribution is 2.56. The lowest BCUT2D eigenvalue weighted by atomic mass is 9.74. The number of aliphatic imine (C=N–C) groups is 3. The highest BCUT2D eigenvalue weighted by atomic mass is 16.3. The lowest BCUT2D eigenvalue weighted by Crippen LogP contribution is -2.24. The fourth-order valence-electron chi connectivity index (χ4n) is 10.0. The van der Waals surface area contributed by atoms with Gasteiger partial charge in [0.25, 0.3) is 0 Å². The second-order valence-corrected chi connectivity index (χ2v) is 15.7. The third kappa shape index (κ3) is 4.48. The Balaban J connectivity index is 0.903. The van der Waals surface area contributed by atoms with Gasteiger partial charge >= 0.3 is 0 Å². The predicted molar refractivity (Wildman–Crippen MR) is 238 cm³/mol. The van der Waals surface area contributed by atoms with Crippen molar-refractivity contribution in [2.45, 2.75) is 17.8 Å². The van der Waals surface area contributed by atoms with Crippen molar-refractivity contribution in [1.82, 2.24) is 0 Å². The van der Waals surface area contributed by atoms with Gasteiger partial charge in [-0.1, -0.05) is 158 Å². The zero-order valence-electron chi connectivity index (χ0n) is 31.3. The predicted octanol–water partition coefficient (Wildman–Crippen LogP) is 13.3. The second-order valence-electron chi connectivity index (χ2n) is 15.7. The summed E-state index contributed by atoms with van der Waals surface area (Å²) in [6.07, 6.45) is 15.7. The summed E-state index contributed by atoms with van der Waals surface area (Å²) in [4.78, 5) is 16.4. The van der Waals surface area contributed by atoms with E-state index in [0.717, 1.165) is 84.0 Å². The molecule has 3 aliphatic heterocycles. The maximum atomic E-state index is 6.38. The number of benzene rings is 6. The van der Waals surface area contributed by atoms with Crippen LogP contribution in [-0.2, 0) is 0 Å². The van der Waals surface area contributed by atoms with Gasteiger partial charge in [-0.25, -0.2) is 4.99 Å². The van der Waals surface area contributed by atoms with E-state index in [1.165, 1.54) is 33.4 Å². The Morgan fingerprint density at radius 1 is 0.500 bits per heavy atom. The molecule has 6 aromatic carbocycles. The lowest BCUT2D eigenvalue weighted by molar-refractivity contribution is 0.670. The zero-order valence-corrected chi connectivity index (χ0v) is 31.3. The van der Waals surface area contributed by atoms with Crippen molar-refractivity contribution >= 4 is 61.6 Å². The Morgan fingerprint density at radius 2 is 1.22 bits per heavy atom. The van der Waals surface area contributed by atoms with Gasteiger partial charge in [0.1, 0.15) is 11.2 Å². The highest BCUT2D eigenvalue weighted by molar-refractivity contribution is 6.49. The first-order valence-corrected chi connectivity index (χ1v) is 20.1. The van der Waals surface area contributed by atoms with Crippen LogP contribution in [0.2, 0.25) is 0 Å². The van der Waals surface area contributed by atoms with Gasteiger partial charge in [-0.2, -0.15) is 0 Å². The number of allylic oxidation sites excluding steroid dienone is 11. The number of rotatable bonds is 4. The fourth-order valence-corrected chi connectivity index (χ4v) is 10.0. The topological polar surface area (TPSA) is 50.2 Å². The fraction of sp³-hybridized carbons (Fsp3) is 0.0556. The molecule has 0 amide bonds. The molecule has 0 N–H and O–H groups in total. The van der Waals surface area contributed by atoms with Crippen LogP contribution in [0.25, 0.3) is 44.2 Å². The van der Waals surface area contributed by atoms with Crippen molar-refractivity contribution in [2.24, 2.45) is 15.0 Å². The Kier molecular flexibility index (Phi) is 6.59. The SMILES string of the molecule is C1=CC(c2ccc(-c3cccc4c3oc3ccccc34)cc2)C2=Nc3ccc4c(c3C2=C1)N=C1C4=CC(c2ccccc2)C2=NC3=CC=CC(c4ccccc4)C3=C12. The maximum absolute atomic E-state index is 6.38. The molecule has 4 heterocycles. The monoisotopic (exact) mass is 739 g/mol. The summed E-state index contributed by atoms with van der Waals surface area (Å²) < 4.78 is 6.38. The number of furan rings is 1. The molecule has 0 fully saturated rings. The van der Waals surface area contributed by atoms with Crippen LogP contribution in [0.3, 0.4) is 0 Å². The molecule has 3 unspecified atom stereocenters. The molecule has 7 aromatic rings. The Hall–Kier alpha value is -7.43. The number of hydrogen-bond donors (Lipinski definition) is 0. The van der Waals surface area contributed by atoms with E-state index in [-0.39, 0.29) is 17.8 Å². The van der Waals surface area contributed by atoms with Gasteiger partial charge < -0.3 is 4.42 Å². The van der Waals surface area contributed by atoms with E-state index >= 15 is 0 Å². The molecular weight excluding hydrogens is 707 g/mol. The molecule has 0 radical (unpaired) electrons. The molecular formula is C54H33N3O. The zero-order chi connectivity index (χ0) is 37.9. The summed E-state index contributed by atoms with van der Waals surface area (Å²) in [6.45, 7) is 0. The summed E-state index contributed by atoms with van der Waals surface area (Å²) in [5, 5.41) is 2.28. The number of nitrogens with zero attached hydrogens (tertiary/aromatic N) is 3. The molecule has 3 atom stereocenters. The average Bonchev–Trinajstić information content (AvgIpc) is 4.06. The minimum Gasteiger partial charge on any atom is -0.455 e. The first-order valence-electron chi connectivity index (χ1n) is 20.1. The van der Waals surface area contributed by atoms with Gasteiger partial charge in [0.05, 0.1) is 34.2 Å². The van der Waals surface area contributed by atoms with Gasteiger partial charge in [0.2, 0.25) is 0 Å². The molecule has 58 heavy (non-hydrogen) atoms. The molecule has 6 aliphatic rings. The van der Waals surface area contributed by atoms with Crippen LogP contribution in [0, 0.1) is 0 Å². The standard InChI is InChI=1S/C54H33N3O/c1-3-12-31(13-4-1)35-17-11-22-44-47(35)49-52(56-44)42(32-14-5-2-6-15-32)30-43-39-28-29-45-48(51(39)57-53(43)49)41-21-9-18-36(50(41)55-45)33-24-26-34(27-25-33)37-19-10-20-40-38-16-7-8-23-46(38)58-54(37)40/h1-30,35-36,42H. The van der Waals surface area contributed by atoms with Crippen LogP contribution >= 0.6 is 0 Å². The van der Waals surface area contributed by atoms with Crippen LogP contribution in [0.5, 0.6) is 0 Å². The van der Waals surface area contributed by atoms with Crippen LogP contribution in [0.15, 0.2) is 218 Å². The van der Waals surface area contributed by atoms with Crippen molar-refractivity contribution in [3.63, 3.8) is 0 Å². The van der Waals surface area contributed by atoms with Crippen LogP contribution in [0.1, 0.15) is 45.6 Å². The van der Waals surface area contributed by atoms with Crippen molar-refractivity contribution < 1.29 is 4.42 Å². The number of hydrogen-bond acceptors (Lipinski definition) is 4. The molecule has 270 valence electrons. The van der Waals surface area contributed by atoms with E-state index in [1.54, 1.807) is 0 Å². The Morgan fingerprint density at radius 3 is 2.07 bits per heavy atom. The van der Waals surface area contributed by atoms with E-state index in [9.17, 15) is 0 Å². The lowest BCUT2D eigenvalue weighted by Gasteiger charge is -2.26. The summed E-state index contributed by atoms with van der Waals surface area (Å²) in [5.41, 5.74) is 21.0. The van der Waals surface area contributed by atoms with E-state index in [1.807, 2.05) is 12.1 Å². The third-order valence-corrected chi connectivity index (χ3v) is 12.7. The molecule has 0 bridgehead atoms. The number of para-hydroxylation sites is 2. The number of fused-ring (bicyclic) bond motifs is 13. The third-order valence-electron chi connectivity index (χ3n) is 12.7.